The molecule has 84 valence electrons. The van der Waals surface area contributed by atoms with Gasteiger partial charge in [-0.3, -0.25) is 0 Å². The van der Waals surface area contributed by atoms with E-state index in [-0.39, 0.29) is 24.3 Å². The number of hydrogen-bond acceptors (Lipinski definition) is 1. The van der Waals surface area contributed by atoms with E-state index in [2.05, 4.69) is 15.9 Å². The van der Waals surface area contributed by atoms with Crippen molar-refractivity contribution in [3.63, 3.8) is 0 Å². The first-order valence-electron chi connectivity index (χ1n) is 5.07. The maximum atomic E-state index is 13.7. The number of rotatable bonds is 3. The Morgan fingerprint density at radius 3 is 2.40 bits per heavy atom. The van der Waals surface area contributed by atoms with Crippen LogP contribution in [0.4, 0.5) is 4.39 Å². The number of hydrogen-bond donors (Lipinski definition) is 1. The lowest BCUT2D eigenvalue weighted by Crippen LogP contribution is -2.03. The maximum Gasteiger partial charge on any atom is 0.140 e. The zero-order chi connectivity index (χ0) is 11.6. The van der Waals surface area contributed by atoms with Gasteiger partial charge in [0.25, 0.3) is 0 Å². The standard InChI is InChI=1S/C12H16BrFO/c1-7(2)10-4-9(8(3)6-15)5-11(13)12(10)14/h4-5,7-8,15H,6H2,1-3H3. The van der Waals surface area contributed by atoms with Gasteiger partial charge in [0, 0.05) is 12.5 Å². The topological polar surface area (TPSA) is 20.2 Å². The molecule has 0 aliphatic heterocycles. The van der Waals surface area contributed by atoms with Crippen LogP contribution in [-0.4, -0.2) is 11.7 Å². The van der Waals surface area contributed by atoms with E-state index in [1.54, 1.807) is 6.07 Å². The van der Waals surface area contributed by atoms with Crippen LogP contribution in [0.15, 0.2) is 16.6 Å². The van der Waals surface area contributed by atoms with Gasteiger partial charge in [-0.15, -0.1) is 0 Å². The molecule has 0 aliphatic rings. The molecule has 0 radical (unpaired) electrons. The van der Waals surface area contributed by atoms with Crippen molar-refractivity contribution in [3.8, 4) is 0 Å². The molecule has 0 bridgehead atoms. The highest BCUT2D eigenvalue weighted by Gasteiger charge is 2.14. The minimum atomic E-state index is -0.195. The maximum absolute atomic E-state index is 13.7. The Bertz CT molecular complexity index is 350. The highest BCUT2D eigenvalue weighted by molar-refractivity contribution is 9.10. The Hall–Kier alpha value is -0.410. The molecule has 0 fully saturated rings. The molecule has 1 atom stereocenters. The summed E-state index contributed by atoms with van der Waals surface area (Å²) in [5, 5.41) is 9.07. The van der Waals surface area contributed by atoms with Crippen LogP contribution in [0.25, 0.3) is 0 Å². The van der Waals surface area contributed by atoms with Crippen molar-refractivity contribution in [2.75, 3.05) is 6.61 Å². The van der Waals surface area contributed by atoms with E-state index in [0.717, 1.165) is 5.56 Å². The lowest BCUT2D eigenvalue weighted by Gasteiger charge is -2.14. The van der Waals surface area contributed by atoms with Gasteiger partial charge in [-0.1, -0.05) is 26.8 Å². The van der Waals surface area contributed by atoms with Crippen LogP contribution >= 0.6 is 15.9 Å². The molecule has 1 nitrogen and oxygen atoms in total. The SMILES string of the molecule is CC(C)c1cc(C(C)CO)cc(Br)c1F. The third-order valence-electron chi connectivity index (χ3n) is 2.54. The second-order valence-corrected chi connectivity index (χ2v) is 5.00. The molecule has 0 aliphatic carbocycles. The van der Waals surface area contributed by atoms with E-state index in [0.29, 0.717) is 10.0 Å². The molecule has 1 unspecified atom stereocenters. The van der Waals surface area contributed by atoms with Crippen molar-refractivity contribution >= 4 is 15.9 Å². The normalized spacial score (nSPS) is 13.3. The van der Waals surface area contributed by atoms with Crippen LogP contribution in [0.2, 0.25) is 0 Å². The van der Waals surface area contributed by atoms with Crippen LogP contribution < -0.4 is 0 Å². The van der Waals surface area contributed by atoms with Crippen molar-refractivity contribution in [2.24, 2.45) is 0 Å². The molecule has 1 aromatic carbocycles. The van der Waals surface area contributed by atoms with Crippen LogP contribution in [0.5, 0.6) is 0 Å². The van der Waals surface area contributed by atoms with E-state index in [9.17, 15) is 4.39 Å². The van der Waals surface area contributed by atoms with Gasteiger partial charge in [0.15, 0.2) is 0 Å². The molecule has 1 rings (SSSR count). The average Bonchev–Trinajstić information content (AvgIpc) is 2.20. The van der Waals surface area contributed by atoms with E-state index in [4.69, 9.17) is 5.11 Å². The fraction of sp³-hybridized carbons (Fsp3) is 0.500. The Kier molecular flexibility index (Phi) is 4.29. The molecule has 0 saturated heterocycles. The predicted octanol–water partition coefficient (Wildman–Crippen LogP) is 3.81. The first-order valence-corrected chi connectivity index (χ1v) is 5.86. The number of benzene rings is 1. The minimum Gasteiger partial charge on any atom is -0.396 e. The zero-order valence-electron chi connectivity index (χ0n) is 9.22. The molecule has 0 amide bonds. The summed E-state index contributed by atoms with van der Waals surface area (Å²) in [7, 11) is 0. The highest BCUT2D eigenvalue weighted by Crippen LogP contribution is 2.29. The monoisotopic (exact) mass is 274 g/mol. The lowest BCUT2D eigenvalue weighted by atomic mass is 9.95. The van der Waals surface area contributed by atoms with Gasteiger partial charge in [-0.2, -0.15) is 0 Å². The Balaban J connectivity index is 3.23. The molecule has 1 aromatic rings. The molecule has 0 heterocycles. The lowest BCUT2D eigenvalue weighted by molar-refractivity contribution is 0.273. The third-order valence-corrected chi connectivity index (χ3v) is 3.12. The smallest absolute Gasteiger partial charge is 0.140 e. The summed E-state index contributed by atoms with van der Waals surface area (Å²) < 4.78 is 14.2. The van der Waals surface area contributed by atoms with Gasteiger partial charge in [-0.25, -0.2) is 4.39 Å². The van der Waals surface area contributed by atoms with Gasteiger partial charge >= 0.3 is 0 Å². The Morgan fingerprint density at radius 2 is 1.93 bits per heavy atom. The van der Waals surface area contributed by atoms with Crippen LogP contribution in [-0.2, 0) is 0 Å². The van der Waals surface area contributed by atoms with Crippen LogP contribution in [0.3, 0.4) is 0 Å². The van der Waals surface area contributed by atoms with Crippen molar-refractivity contribution in [2.45, 2.75) is 32.6 Å². The molecule has 15 heavy (non-hydrogen) atoms. The largest absolute Gasteiger partial charge is 0.396 e. The van der Waals surface area contributed by atoms with E-state index < -0.39 is 0 Å². The molecule has 1 N–H and O–H groups in total. The second kappa shape index (κ2) is 5.08. The van der Waals surface area contributed by atoms with Crippen LogP contribution in [0.1, 0.15) is 43.7 Å². The van der Waals surface area contributed by atoms with Crippen molar-refractivity contribution in [1.82, 2.24) is 0 Å². The summed E-state index contributed by atoms with van der Waals surface area (Å²) in [6.07, 6.45) is 0. The highest BCUT2D eigenvalue weighted by atomic mass is 79.9. The van der Waals surface area contributed by atoms with Gasteiger partial charge < -0.3 is 5.11 Å². The van der Waals surface area contributed by atoms with Gasteiger partial charge in [0.1, 0.15) is 5.82 Å². The summed E-state index contributed by atoms with van der Waals surface area (Å²) in [4.78, 5) is 0. The number of aliphatic hydroxyl groups is 1. The summed E-state index contributed by atoms with van der Waals surface area (Å²) in [5.74, 6) is -0.00886. The summed E-state index contributed by atoms with van der Waals surface area (Å²) >= 11 is 3.21. The number of aliphatic hydroxyl groups excluding tert-OH is 1. The summed E-state index contributed by atoms with van der Waals surface area (Å²) in [6, 6.07) is 3.58. The molecule has 3 heteroatoms. The molecular weight excluding hydrogens is 259 g/mol. The Morgan fingerprint density at radius 1 is 1.33 bits per heavy atom. The fourth-order valence-electron chi connectivity index (χ4n) is 1.44. The molecular formula is C12H16BrFO. The van der Waals surface area contributed by atoms with Gasteiger partial charge in [-0.05, 0) is 39.0 Å². The Labute approximate surface area is 98.4 Å². The molecule has 0 saturated carbocycles. The van der Waals surface area contributed by atoms with Gasteiger partial charge in [0.2, 0.25) is 0 Å². The fourth-order valence-corrected chi connectivity index (χ4v) is 1.94. The van der Waals surface area contributed by atoms with Crippen molar-refractivity contribution in [1.29, 1.82) is 0 Å². The zero-order valence-corrected chi connectivity index (χ0v) is 10.8. The quantitative estimate of drug-likeness (QED) is 0.889. The molecule has 0 aromatic heterocycles. The first-order chi connectivity index (χ1) is 6.97. The van der Waals surface area contributed by atoms with Crippen molar-refractivity contribution in [3.05, 3.63) is 33.5 Å². The summed E-state index contributed by atoms with van der Waals surface area (Å²) in [6.45, 7) is 5.91. The van der Waals surface area contributed by atoms with E-state index in [1.165, 1.54) is 0 Å². The van der Waals surface area contributed by atoms with Gasteiger partial charge in [0.05, 0.1) is 4.47 Å². The first kappa shape index (κ1) is 12.7. The number of halogens is 2. The average molecular weight is 275 g/mol. The van der Waals surface area contributed by atoms with Crippen LogP contribution in [0, 0.1) is 5.82 Å². The summed E-state index contributed by atoms with van der Waals surface area (Å²) in [5.41, 5.74) is 1.66. The van der Waals surface area contributed by atoms with Crippen molar-refractivity contribution < 1.29 is 9.50 Å². The molecule has 0 spiro atoms. The predicted molar refractivity (Wildman–Crippen MR) is 63.7 cm³/mol. The van der Waals surface area contributed by atoms with E-state index in [1.807, 2.05) is 26.8 Å². The second-order valence-electron chi connectivity index (χ2n) is 4.14. The minimum absolute atomic E-state index is 0.0411. The third kappa shape index (κ3) is 2.79. The van der Waals surface area contributed by atoms with E-state index >= 15 is 0 Å².